The molecule has 1 aromatic carbocycles. The molecule has 24 heavy (non-hydrogen) atoms. The number of furan rings is 1. The minimum absolute atomic E-state index is 0.0522. The molecule has 0 aliphatic carbocycles. The topological polar surface area (TPSA) is 83.7 Å². The highest BCUT2D eigenvalue weighted by molar-refractivity contribution is 6.31. The largest absolute Gasteiger partial charge is 0.469 e. The van der Waals surface area contributed by atoms with Gasteiger partial charge >= 0.3 is 0 Å². The monoisotopic (exact) mass is 347 g/mol. The lowest BCUT2D eigenvalue weighted by molar-refractivity contribution is -0.115. The predicted molar refractivity (Wildman–Crippen MR) is 93.5 cm³/mol. The Labute approximate surface area is 144 Å². The van der Waals surface area contributed by atoms with E-state index in [-0.39, 0.29) is 18.2 Å². The van der Waals surface area contributed by atoms with E-state index in [0.717, 1.165) is 5.56 Å². The van der Waals surface area contributed by atoms with Gasteiger partial charge in [-0.15, -0.1) is 0 Å². The maximum absolute atomic E-state index is 12.1. The average Bonchev–Trinajstić information content (AvgIpc) is 2.95. The Kier molecular flexibility index (Phi) is 5.76. The van der Waals surface area contributed by atoms with Crippen LogP contribution in [0.4, 0.5) is 5.69 Å². The lowest BCUT2D eigenvalue weighted by atomic mass is 10.2. The lowest BCUT2D eigenvalue weighted by Gasteiger charge is -2.09. The second-order valence-corrected chi connectivity index (χ2v) is 5.72. The second-order valence-electron chi connectivity index (χ2n) is 5.32. The van der Waals surface area contributed by atoms with E-state index in [4.69, 9.17) is 16.0 Å². The van der Waals surface area contributed by atoms with Crippen LogP contribution in [0, 0.1) is 13.8 Å². The second kappa shape index (κ2) is 7.79. The summed E-state index contributed by atoms with van der Waals surface area (Å²) >= 11 is 6.02. The van der Waals surface area contributed by atoms with E-state index in [1.165, 1.54) is 6.26 Å². The molecule has 0 radical (unpaired) electrons. The highest BCUT2D eigenvalue weighted by Crippen LogP contribution is 2.22. The summed E-state index contributed by atoms with van der Waals surface area (Å²) in [6.45, 7) is 5.17. The molecule has 0 aliphatic rings. The van der Waals surface area contributed by atoms with Gasteiger partial charge in [-0.1, -0.05) is 17.7 Å². The van der Waals surface area contributed by atoms with Gasteiger partial charge in [0.1, 0.15) is 5.76 Å². The van der Waals surface area contributed by atoms with Gasteiger partial charge in [0.15, 0.2) is 0 Å². The van der Waals surface area contributed by atoms with E-state index in [2.05, 4.69) is 15.8 Å². The number of hydrogen-bond donors (Lipinski definition) is 2. The Balaban J connectivity index is 1.92. The summed E-state index contributed by atoms with van der Waals surface area (Å²) < 4.78 is 5.06. The quantitative estimate of drug-likeness (QED) is 0.639. The number of carbonyl (C=O) groups is 2. The van der Waals surface area contributed by atoms with Crippen LogP contribution in [-0.4, -0.2) is 17.5 Å². The van der Waals surface area contributed by atoms with Crippen molar-refractivity contribution in [3.05, 3.63) is 52.4 Å². The summed E-state index contributed by atoms with van der Waals surface area (Å²) in [5.74, 6) is -0.114. The number of amides is 2. The zero-order chi connectivity index (χ0) is 17.7. The van der Waals surface area contributed by atoms with Crippen molar-refractivity contribution < 1.29 is 14.0 Å². The fraction of sp³-hybridized carbons (Fsp3) is 0.235. The number of halogens is 1. The standard InChI is InChI=1S/C17H18ClN3O3/c1-10(20-21-17(23)13-7-8-24-12(13)3)9-16(22)19-15-6-4-5-14(18)11(15)2/h4-8H,9H2,1-3H3,(H,19,22)(H,21,23)/b20-10-. The van der Waals surface area contributed by atoms with Gasteiger partial charge in [0.2, 0.25) is 5.91 Å². The van der Waals surface area contributed by atoms with Gasteiger partial charge in [-0.05, 0) is 44.5 Å². The molecule has 0 bridgehead atoms. The smallest absolute Gasteiger partial charge is 0.274 e. The van der Waals surface area contributed by atoms with Crippen LogP contribution >= 0.6 is 11.6 Å². The van der Waals surface area contributed by atoms with E-state index in [9.17, 15) is 9.59 Å². The van der Waals surface area contributed by atoms with Crippen LogP contribution in [0.25, 0.3) is 0 Å². The molecule has 2 aromatic rings. The molecule has 2 rings (SSSR count). The van der Waals surface area contributed by atoms with Crippen molar-refractivity contribution in [1.29, 1.82) is 0 Å². The maximum atomic E-state index is 12.1. The van der Waals surface area contributed by atoms with E-state index in [0.29, 0.717) is 27.7 Å². The first-order chi connectivity index (χ1) is 11.4. The van der Waals surface area contributed by atoms with E-state index >= 15 is 0 Å². The Morgan fingerprint density at radius 2 is 2.00 bits per heavy atom. The molecular formula is C17H18ClN3O3. The number of benzene rings is 1. The highest BCUT2D eigenvalue weighted by atomic mass is 35.5. The summed E-state index contributed by atoms with van der Waals surface area (Å²) in [5.41, 5.74) is 4.73. The first-order valence-corrected chi connectivity index (χ1v) is 7.69. The summed E-state index contributed by atoms with van der Waals surface area (Å²) in [4.78, 5) is 23.9. The number of carbonyl (C=O) groups excluding carboxylic acids is 2. The molecule has 0 atom stereocenters. The Bertz CT molecular complexity index is 796. The van der Waals surface area contributed by atoms with E-state index in [1.807, 2.05) is 6.92 Å². The molecule has 2 amide bonds. The van der Waals surface area contributed by atoms with Crippen LogP contribution in [0.5, 0.6) is 0 Å². The van der Waals surface area contributed by atoms with Crippen molar-refractivity contribution in [3.63, 3.8) is 0 Å². The molecule has 0 unspecified atom stereocenters. The van der Waals surface area contributed by atoms with Crippen molar-refractivity contribution in [2.45, 2.75) is 27.2 Å². The van der Waals surface area contributed by atoms with Crippen molar-refractivity contribution in [2.24, 2.45) is 5.10 Å². The zero-order valence-electron chi connectivity index (χ0n) is 13.6. The third kappa shape index (κ3) is 4.45. The number of aryl methyl sites for hydroxylation is 1. The van der Waals surface area contributed by atoms with Crippen LogP contribution in [-0.2, 0) is 4.79 Å². The number of anilines is 1. The zero-order valence-corrected chi connectivity index (χ0v) is 14.4. The van der Waals surface area contributed by atoms with Crippen LogP contribution < -0.4 is 10.7 Å². The molecule has 0 saturated carbocycles. The summed E-state index contributed by atoms with van der Waals surface area (Å²) in [6.07, 6.45) is 1.48. The lowest BCUT2D eigenvalue weighted by Crippen LogP contribution is -2.21. The van der Waals surface area contributed by atoms with Crippen LogP contribution in [0.2, 0.25) is 5.02 Å². The van der Waals surface area contributed by atoms with Gasteiger partial charge < -0.3 is 9.73 Å². The Morgan fingerprint density at radius 3 is 2.67 bits per heavy atom. The molecule has 0 saturated heterocycles. The van der Waals surface area contributed by atoms with Gasteiger partial charge in [0.05, 0.1) is 18.2 Å². The van der Waals surface area contributed by atoms with Gasteiger partial charge in [-0.25, -0.2) is 5.43 Å². The molecule has 7 heteroatoms. The molecule has 0 aliphatic heterocycles. The first kappa shape index (κ1) is 17.7. The maximum Gasteiger partial charge on any atom is 0.274 e. The fourth-order valence-electron chi connectivity index (χ4n) is 2.04. The molecule has 2 N–H and O–H groups in total. The van der Waals surface area contributed by atoms with Crippen molar-refractivity contribution >= 4 is 34.8 Å². The molecule has 126 valence electrons. The fourth-order valence-corrected chi connectivity index (χ4v) is 2.21. The molecule has 0 fully saturated rings. The van der Waals surface area contributed by atoms with Gasteiger partial charge in [-0.3, -0.25) is 9.59 Å². The normalized spacial score (nSPS) is 11.2. The number of hydrazone groups is 1. The third-order valence-corrected chi connectivity index (χ3v) is 3.82. The van der Waals surface area contributed by atoms with E-state index < -0.39 is 0 Å². The summed E-state index contributed by atoms with van der Waals surface area (Å²) in [5, 5.41) is 7.29. The molecule has 0 spiro atoms. The van der Waals surface area contributed by atoms with Gasteiger partial charge in [0.25, 0.3) is 5.91 Å². The highest BCUT2D eigenvalue weighted by Gasteiger charge is 2.11. The first-order valence-electron chi connectivity index (χ1n) is 7.31. The minimum Gasteiger partial charge on any atom is -0.469 e. The van der Waals surface area contributed by atoms with Crippen molar-refractivity contribution in [2.75, 3.05) is 5.32 Å². The average molecular weight is 348 g/mol. The minimum atomic E-state index is -0.383. The van der Waals surface area contributed by atoms with Crippen LogP contribution in [0.3, 0.4) is 0 Å². The van der Waals surface area contributed by atoms with Crippen molar-refractivity contribution in [3.8, 4) is 0 Å². The number of nitrogens with one attached hydrogen (secondary N) is 2. The number of rotatable bonds is 5. The Morgan fingerprint density at radius 1 is 1.25 bits per heavy atom. The summed E-state index contributed by atoms with van der Waals surface area (Å²) in [7, 11) is 0. The number of hydrogen-bond acceptors (Lipinski definition) is 4. The van der Waals surface area contributed by atoms with E-state index in [1.54, 1.807) is 38.1 Å². The SMILES string of the molecule is C/C(CC(=O)Nc1cccc(Cl)c1C)=N/NC(=O)c1ccoc1C. The third-order valence-electron chi connectivity index (χ3n) is 3.41. The van der Waals surface area contributed by atoms with Crippen molar-refractivity contribution in [1.82, 2.24) is 5.43 Å². The molecular weight excluding hydrogens is 330 g/mol. The summed E-state index contributed by atoms with van der Waals surface area (Å²) in [6, 6.07) is 6.85. The molecule has 1 heterocycles. The predicted octanol–water partition coefficient (Wildman–Crippen LogP) is 3.68. The van der Waals surface area contributed by atoms with Crippen LogP contribution in [0.15, 0.2) is 40.0 Å². The molecule has 1 aromatic heterocycles. The number of nitrogens with zero attached hydrogens (tertiary/aromatic N) is 1. The molecule has 6 nitrogen and oxygen atoms in total. The Hall–Kier alpha value is -2.60. The van der Waals surface area contributed by atoms with Gasteiger partial charge in [-0.2, -0.15) is 5.10 Å². The van der Waals surface area contributed by atoms with Gasteiger partial charge in [0, 0.05) is 16.4 Å². The van der Waals surface area contributed by atoms with Crippen LogP contribution in [0.1, 0.15) is 35.0 Å².